The Morgan fingerprint density at radius 2 is 1.82 bits per heavy atom. The molecule has 3 aromatic rings. The Balaban J connectivity index is 2.14. The van der Waals surface area contributed by atoms with Crippen molar-refractivity contribution in [2.75, 3.05) is 0 Å². The molecule has 0 saturated heterocycles. The number of halogens is 1. The Morgan fingerprint density at radius 3 is 2.50 bits per heavy atom. The smallest absolute Gasteiger partial charge is 0.257 e. The number of benzene rings is 2. The molecule has 0 aliphatic heterocycles. The fraction of sp³-hybridized carbons (Fsp3) is 0.304. The van der Waals surface area contributed by atoms with Crippen molar-refractivity contribution in [3.63, 3.8) is 0 Å². The van der Waals surface area contributed by atoms with E-state index in [0.29, 0.717) is 36.6 Å². The highest BCUT2D eigenvalue weighted by atomic mass is 19.1. The second kappa shape index (κ2) is 8.38. The Labute approximate surface area is 164 Å². The lowest BCUT2D eigenvalue weighted by atomic mass is 10.0. The maximum Gasteiger partial charge on any atom is 0.257 e. The summed E-state index contributed by atoms with van der Waals surface area (Å²) in [5, 5.41) is 9.78. The zero-order valence-electron chi connectivity index (χ0n) is 16.4. The fourth-order valence-electron chi connectivity index (χ4n) is 3.33. The third-order valence-corrected chi connectivity index (χ3v) is 4.77. The first-order valence-corrected chi connectivity index (χ1v) is 9.50. The summed E-state index contributed by atoms with van der Waals surface area (Å²) in [5.74, 6) is -0.664. The highest BCUT2D eigenvalue weighted by Crippen LogP contribution is 2.27. The van der Waals surface area contributed by atoms with Crippen LogP contribution in [0.2, 0.25) is 0 Å². The van der Waals surface area contributed by atoms with Gasteiger partial charge in [-0.2, -0.15) is 0 Å². The van der Waals surface area contributed by atoms with Gasteiger partial charge in [0.1, 0.15) is 5.82 Å². The zero-order chi connectivity index (χ0) is 20.3. The SMILES string of the molecule is Cc1nc(-c2cccc(O)c2F)n(CCc2ccccc2)c(=O)c1CC(C)C. The summed E-state index contributed by atoms with van der Waals surface area (Å²) in [7, 11) is 0. The van der Waals surface area contributed by atoms with E-state index in [1.54, 1.807) is 13.0 Å². The summed E-state index contributed by atoms with van der Waals surface area (Å²) < 4.78 is 16.1. The molecule has 4 nitrogen and oxygen atoms in total. The third kappa shape index (κ3) is 4.14. The van der Waals surface area contributed by atoms with Gasteiger partial charge in [-0.25, -0.2) is 9.37 Å². The lowest BCUT2D eigenvalue weighted by Crippen LogP contribution is -2.29. The van der Waals surface area contributed by atoms with E-state index in [-0.39, 0.29) is 16.9 Å². The third-order valence-electron chi connectivity index (χ3n) is 4.77. The highest BCUT2D eigenvalue weighted by Gasteiger charge is 2.20. The van der Waals surface area contributed by atoms with Crippen LogP contribution in [0, 0.1) is 18.7 Å². The standard InChI is InChI=1S/C23H25FN2O2/c1-15(2)14-19-16(3)25-22(18-10-7-11-20(27)21(18)24)26(23(19)28)13-12-17-8-5-4-6-9-17/h4-11,15,27H,12-14H2,1-3H3. The van der Waals surface area contributed by atoms with E-state index in [9.17, 15) is 14.3 Å². The second-order valence-electron chi connectivity index (χ2n) is 7.43. The summed E-state index contributed by atoms with van der Waals surface area (Å²) in [6.07, 6.45) is 1.24. The number of phenolic OH excluding ortho intramolecular Hbond substituents is 1. The average molecular weight is 380 g/mol. The van der Waals surface area contributed by atoms with Gasteiger partial charge in [0.25, 0.3) is 5.56 Å². The number of phenols is 1. The van der Waals surface area contributed by atoms with Crippen molar-refractivity contribution < 1.29 is 9.50 Å². The molecule has 28 heavy (non-hydrogen) atoms. The van der Waals surface area contributed by atoms with Gasteiger partial charge in [-0.1, -0.05) is 50.2 Å². The summed E-state index contributed by atoms with van der Waals surface area (Å²) >= 11 is 0. The molecule has 0 atom stereocenters. The number of nitrogens with zero attached hydrogens (tertiary/aromatic N) is 2. The van der Waals surface area contributed by atoms with E-state index in [0.717, 1.165) is 5.56 Å². The minimum Gasteiger partial charge on any atom is -0.505 e. The molecule has 0 aliphatic rings. The van der Waals surface area contributed by atoms with Crippen LogP contribution in [0.3, 0.4) is 0 Å². The maximum absolute atomic E-state index is 14.6. The Morgan fingerprint density at radius 1 is 1.11 bits per heavy atom. The first-order valence-electron chi connectivity index (χ1n) is 9.50. The van der Waals surface area contributed by atoms with Gasteiger partial charge >= 0.3 is 0 Å². The first kappa shape index (κ1) is 19.8. The Kier molecular flexibility index (Phi) is 5.93. The van der Waals surface area contributed by atoms with Gasteiger partial charge in [0, 0.05) is 17.8 Å². The minimum atomic E-state index is -0.765. The van der Waals surface area contributed by atoms with Crippen LogP contribution in [0.4, 0.5) is 4.39 Å². The molecule has 0 amide bonds. The normalized spacial score (nSPS) is 11.2. The first-order chi connectivity index (χ1) is 13.4. The van der Waals surface area contributed by atoms with Crippen molar-refractivity contribution >= 4 is 0 Å². The van der Waals surface area contributed by atoms with E-state index >= 15 is 0 Å². The van der Waals surface area contributed by atoms with Crippen LogP contribution in [0.1, 0.15) is 30.7 Å². The van der Waals surface area contributed by atoms with Crippen LogP contribution in [-0.2, 0) is 19.4 Å². The van der Waals surface area contributed by atoms with Crippen molar-refractivity contribution in [2.24, 2.45) is 5.92 Å². The van der Waals surface area contributed by atoms with Gasteiger partial charge in [-0.15, -0.1) is 0 Å². The second-order valence-corrected chi connectivity index (χ2v) is 7.43. The van der Waals surface area contributed by atoms with Gasteiger partial charge in [-0.05, 0) is 43.4 Å². The number of aryl methyl sites for hydroxylation is 2. The number of hydrogen-bond acceptors (Lipinski definition) is 3. The molecule has 0 aliphatic carbocycles. The molecule has 146 valence electrons. The molecule has 1 heterocycles. The van der Waals surface area contributed by atoms with Gasteiger partial charge < -0.3 is 5.11 Å². The number of hydrogen-bond donors (Lipinski definition) is 1. The van der Waals surface area contributed by atoms with Crippen LogP contribution in [0.15, 0.2) is 53.3 Å². The molecule has 0 radical (unpaired) electrons. The average Bonchev–Trinajstić information content (AvgIpc) is 2.67. The Hall–Kier alpha value is -2.95. The monoisotopic (exact) mass is 380 g/mol. The molecule has 0 fully saturated rings. The van der Waals surface area contributed by atoms with Crippen molar-refractivity contribution in [1.82, 2.24) is 9.55 Å². The molecule has 0 bridgehead atoms. The van der Waals surface area contributed by atoms with E-state index < -0.39 is 11.6 Å². The van der Waals surface area contributed by atoms with Crippen LogP contribution < -0.4 is 5.56 Å². The molecule has 5 heteroatoms. The van der Waals surface area contributed by atoms with Crippen molar-refractivity contribution in [3.8, 4) is 17.1 Å². The van der Waals surface area contributed by atoms with E-state index in [4.69, 9.17) is 0 Å². The van der Waals surface area contributed by atoms with Crippen molar-refractivity contribution in [1.29, 1.82) is 0 Å². The lowest BCUT2D eigenvalue weighted by molar-refractivity contribution is 0.433. The summed E-state index contributed by atoms with van der Waals surface area (Å²) in [4.78, 5) is 17.9. The van der Waals surface area contributed by atoms with Gasteiger partial charge in [0.15, 0.2) is 11.6 Å². The largest absolute Gasteiger partial charge is 0.505 e. The van der Waals surface area contributed by atoms with Crippen molar-refractivity contribution in [2.45, 2.75) is 40.2 Å². The molecule has 3 rings (SSSR count). The molecule has 2 aromatic carbocycles. The molecular formula is C23H25FN2O2. The van der Waals surface area contributed by atoms with E-state index in [1.165, 1.54) is 16.7 Å². The van der Waals surface area contributed by atoms with Crippen LogP contribution in [0.5, 0.6) is 5.75 Å². The maximum atomic E-state index is 14.6. The van der Waals surface area contributed by atoms with Crippen LogP contribution >= 0.6 is 0 Å². The van der Waals surface area contributed by atoms with Gasteiger partial charge in [-0.3, -0.25) is 9.36 Å². The van der Waals surface area contributed by atoms with Gasteiger partial charge in [0.05, 0.1) is 5.56 Å². The number of aromatic nitrogens is 2. The quantitative estimate of drug-likeness (QED) is 0.685. The molecule has 0 unspecified atom stereocenters. The predicted molar refractivity (Wildman–Crippen MR) is 109 cm³/mol. The lowest BCUT2D eigenvalue weighted by Gasteiger charge is -2.17. The Bertz CT molecular complexity index is 1030. The van der Waals surface area contributed by atoms with Crippen LogP contribution in [-0.4, -0.2) is 14.7 Å². The molecular weight excluding hydrogens is 355 g/mol. The summed E-state index contributed by atoms with van der Waals surface area (Å²) in [6.45, 7) is 6.27. The fourth-order valence-corrected chi connectivity index (χ4v) is 3.33. The zero-order valence-corrected chi connectivity index (χ0v) is 16.4. The highest BCUT2D eigenvalue weighted by molar-refractivity contribution is 5.59. The number of rotatable bonds is 6. The van der Waals surface area contributed by atoms with Crippen molar-refractivity contribution in [3.05, 3.63) is 81.5 Å². The molecule has 1 N–H and O–H groups in total. The van der Waals surface area contributed by atoms with E-state index in [1.807, 2.05) is 30.3 Å². The van der Waals surface area contributed by atoms with Crippen LogP contribution in [0.25, 0.3) is 11.4 Å². The summed E-state index contributed by atoms with van der Waals surface area (Å²) in [6, 6.07) is 14.2. The summed E-state index contributed by atoms with van der Waals surface area (Å²) in [5.41, 5.74) is 2.33. The number of aromatic hydroxyl groups is 1. The molecule has 0 spiro atoms. The molecule has 1 aromatic heterocycles. The van der Waals surface area contributed by atoms with Gasteiger partial charge in [0.2, 0.25) is 0 Å². The minimum absolute atomic E-state index is 0.129. The topological polar surface area (TPSA) is 55.1 Å². The predicted octanol–water partition coefficient (Wildman–Crippen LogP) is 4.50. The van der Waals surface area contributed by atoms with E-state index in [2.05, 4.69) is 18.8 Å². The molecule has 0 saturated carbocycles.